The lowest BCUT2D eigenvalue weighted by molar-refractivity contribution is -0.141. The Balaban J connectivity index is 1.81. The smallest absolute Gasteiger partial charge is 0.334 e. The minimum Gasteiger partial charge on any atom is -0.497 e. The number of carbonyl (C=O) groups excluding carboxylic acids is 1. The summed E-state index contributed by atoms with van der Waals surface area (Å²) in [5.74, 6) is -0.750. The highest BCUT2D eigenvalue weighted by Gasteiger charge is 2.17. The lowest BCUT2D eigenvalue weighted by atomic mass is 10.2. The summed E-state index contributed by atoms with van der Waals surface area (Å²) in [6.07, 6.45) is -0.458. The highest BCUT2D eigenvalue weighted by molar-refractivity contribution is 5.94. The van der Waals surface area contributed by atoms with E-state index in [4.69, 9.17) is 14.6 Å². The van der Waals surface area contributed by atoms with Crippen LogP contribution in [0.15, 0.2) is 41.5 Å². The molecule has 0 spiro atoms. The number of benzene rings is 1. The number of nitrogens with zero attached hydrogens (tertiary/aromatic N) is 2. The van der Waals surface area contributed by atoms with Gasteiger partial charge in [0.15, 0.2) is 12.4 Å². The fraction of sp³-hybridized carbons (Fsp3) is 0.267. The van der Waals surface area contributed by atoms with Crippen molar-refractivity contribution in [2.75, 3.05) is 13.7 Å². The number of hydrazone groups is 1. The van der Waals surface area contributed by atoms with E-state index in [2.05, 4.69) is 22.6 Å². The summed E-state index contributed by atoms with van der Waals surface area (Å²) in [6, 6.07) is 7.51. The number of carboxylic acids is 1. The van der Waals surface area contributed by atoms with E-state index in [1.807, 2.05) is 24.3 Å². The van der Waals surface area contributed by atoms with Crippen LogP contribution in [-0.2, 0) is 20.9 Å². The number of amidine groups is 1. The molecule has 1 aromatic rings. The summed E-state index contributed by atoms with van der Waals surface area (Å²) < 4.78 is 10.0. The normalized spacial score (nSPS) is 13.0. The first-order valence-corrected chi connectivity index (χ1v) is 7.04. The Morgan fingerprint density at radius 1 is 1.33 bits per heavy atom. The van der Waals surface area contributed by atoms with E-state index in [1.54, 1.807) is 7.11 Å². The summed E-state index contributed by atoms with van der Waals surface area (Å²) in [6.45, 7) is 3.74. The Morgan fingerprint density at radius 2 is 2.04 bits per heavy atom. The second kappa shape index (κ2) is 7.97. The van der Waals surface area contributed by atoms with E-state index < -0.39 is 18.4 Å². The minimum absolute atomic E-state index is 0.121. The molecule has 0 unspecified atom stereocenters. The summed E-state index contributed by atoms with van der Waals surface area (Å²) in [7, 11) is 1.60. The first-order chi connectivity index (χ1) is 11.5. The lowest BCUT2D eigenvalue weighted by Crippen LogP contribution is -2.39. The maximum Gasteiger partial charge on any atom is 0.334 e. The predicted octanol–water partition coefficient (Wildman–Crippen LogP) is 0.408. The molecular weight excluding hydrogens is 316 g/mol. The number of methoxy groups -OCH3 is 1. The lowest BCUT2D eigenvalue weighted by Gasteiger charge is -2.12. The van der Waals surface area contributed by atoms with Gasteiger partial charge in [-0.2, -0.15) is 0 Å². The number of hydrogen-bond donors (Lipinski definition) is 3. The molecule has 0 saturated heterocycles. The van der Waals surface area contributed by atoms with Crippen LogP contribution >= 0.6 is 0 Å². The second-order valence-electron chi connectivity index (χ2n) is 4.94. The van der Waals surface area contributed by atoms with E-state index >= 15 is 0 Å². The van der Waals surface area contributed by atoms with Crippen molar-refractivity contribution in [1.82, 2.24) is 16.1 Å². The number of carbonyl (C=O) groups is 2. The Hall–Kier alpha value is -3.07. The third kappa shape index (κ3) is 4.99. The molecule has 0 aromatic heterocycles. The first kappa shape index (κ1) is 17.3. The van der Waals surface area contributed by atoms with Gasteiger partial charge in [0.05, 0.1) is 20.1 Å². The maximum atomic E-state index is 11.6. The third-order valence-corrected chi connectivity index (χ3v) is 3.06. The van der Waals surface area contributed by atoms with Crippen LogP contribution in [0.25, 0.3) is 0 Å². The van der Waals surface area contributed by atoms with Crippen molar-refractivity contribution in [3.05, 3.63) is 42.0 Å². The molecule has 1 aromatic carbocycles. The molecule has 1 aliphatic heterocycles. The highest BCUT2D eigenvalue weighted by Crippen LogP contribution is 2.13. The van der Waals surface area contributed by atoms with Crippen LogP contribution in [0.4, 0.5) is 0 Å². The molecule has 0 bridgehead atoms. The van der Waals surface area contributed by atoms with E-state index in [0.717, 1.165) is 11.3 Å². The Morgan fingerprint density at radius 3 is 2.67 bits per heavy atom. The number of ether oxygens (including phenoxy) is 2. The van der Waals surface area contributed by atoms with Gasteiger partial charge < -0.3 is 14.6 Å². The molecular formula is C15H18N4O5. The van der Waals surface area contributed by atoms with Crippen LogP contribution in [0.1, 0.15) is 12.0 Å². The zero-order valence-corrected chi connectivity index (χ0v) is 13.1. The number of esters is 1. The molecule has 0 fully saturated rings. The van der Waals surface area contributed by atoms with Crippen LogP contribution in [-0.4, -0.2) is 41.7 Å². The van der Waals surface area contributed by atoms with E-state index in [0.29, 0.717) is 12.4 Å². The zero-order chi connectivity index (χ0) is 17.5. The quantitative estimate of drug-likeness (QED) is 0.463. The molecule has 0 amide bonds. The maximum absolute atomic E-state index is 11.6. The van der Waals surface area contributed by atoms with Crippen LogP contribution in [0.2, 0.25) is 0 Å². The van der Waals surface area contributed by atoms with Gasteiger partial charge in [-0.25, -0.2) is 9.91 Å². The van der Waals surface area contributed by atoms with Gasteiger partial charge >= 0.3 is 11.9 Å². The van der Waals surface area contributed by atoms with Crippen molar-refractivity contribution in [1.29, 1.82) is 0 Å². The number of rotatable bonds is 8. The number of hydrazine groups is 2. The molecule has 9 heteroatoms. The average Bonchev–Trinajstić information content (AvgIpc) is 3.00. The number of aliphatic carboxylic acids is 1. The number of carboxylic acid groups (broad SMARTS) is 1. The molecule has 0 aliphatic carbocycles. The Bertz CT molecular complexity index is 656. The summed E-state index contributed by atoms with van der Waals surface area (Å²) >= 11 is 0. The molecule has 0 radical (unpaired) electrons. The van der Waals surface area contributed by atoms with Crippen molar-refractivity contribution in [2.45, 2.75) is 13.0 Å². The SMILES string of the molecule is C=C(CC(=O)O)C(=O)OCC1=NN(Cc2ccc(OC)cc2)NN1. The van der Waals surface area contributed by atoms with Crippen molar-refractivity contribution >= 4 is 17.8 Å². The van der Waals surface area contributed by atoms with E-state index in [1.165, 1.54) is 5.12 Å². The monoisotopic (exact) mass is 334 g/mol. The van der Waals surface area contributed by atoms with Gasteiger partial charge in [0.25, 0.3) is 0 Å². The molecule has 0 atom stereocenters. The number of nitrogens with one attached hydrogen (secondary N) is 2. The molecule has 128 valence electrons. The molecule has 9 nitrogen and oxygen atoms in total. The topological polar surface area (TPSA) is 112 Å². The fourth-order valence-electron chi connectivity index (χ4n) is 1.86. The average molecular weight is 334 g/mol. The van der Waals surface area contributed by atoms with Crippen molar-refractivity contribution in [3.8, 4) is 5.75 Å². The highest BCUT2D eigenvalue weighted by atomic mass is 16.5. The van der Waals surface area contributed by atoms with Gasteiger partial charge in [0.1, 0.15) is 5.75 Å². The van der Waals surface area contributed by atoms with Crippen molar-refractivity contribution in [3.63, 3.8) is 0 Å². The molecule has 0 saturated carbocycles. The van der Waals surface area contributed by atoms with Gasteiger partial charge in [-0.1, -0.05) is 18.7 Å². The predicted molar refractivity (Wildman–Crippen MR) is 84.6 cm³/mol. The zero-order valence-electron chi connectivity index (χ0n) is 13.1. The van der Waals surface area contributed by atoms with Gasteiger partial charge in [-0.3, -0.25) is 10.2 Å². The van der Waals surface area contributed by atoms with Gasteiger partial charge in [0.2, 0.25) is 0 Å². The van der Waals surface area contributed by atoms with Crippen LogP contribution < -0.4 is 15.7 Å². The minimum atomic E-state index is -1.14. The van der Waals surface area contributed by atoms with E-state index in [-0.39, 0.29) is 12.2 Å². The third-order valence-electron chi connectivity index (χ3n) is 3.06. The van der Waals surface area contributed by atoms with Crippen molar-refractivity contribution < 1.29 is 24.2 Å². The first-order valence-electron chi connectivity index (χ1n) is 7.04. The molecule has 1 aliphatic rings. The standard InChI is InChI=1S/C15H18N4O5/c1-10(7-14(20)21)15(22)24-9-13-16-18-19(17-13)8-11-3-5-12(23-2)6-4-11/h3-6,18H,1,7-9H2,2H3,(H,16,17)(H,20,21). The fourth-order valence-corrected chi connectivity index (χ4v) is 1.86. The van der Waals surface area contributed by atoms with Crippen LogP contribution in [0, 0.1) is 0 Å². The Kier molecular flexibility index (Phi) is 5.74. The van der Waals surface area contributed by atoms with Gasteiger partial charge in [-0.15, -0.1) is 10.6 Å². The number of hydrogen-bond acceptors (Lipinski definition) is 8. The molecule has 24 heavy (non-hydrogen) atoms. The van der Waals surface area contributed by atoms with Gasteiger partial charge in [-0.05, 0) is 17.7 Å². The largest absolute Gasteiger partial charge is 0.497 e. The molecule has 3 N–H and O–H groups in total. The van der Waals surface area contributed by atoms with E-state index in [9.17, 15) is 9.59 Å². The summed E-state index contributed by atoms with van der Waals surface area (Å²) in [5.41, 5.74) is 6.45. The van der Waals surface area contributed by atoms with Crippen LogP contribution in [0.3, 0.4) is 0 Å². The van der Waals surface area contributed by atoms with Crippen molar-refractivity contribution in [2.24, 2.45) is 5.10 Å². The van der Waals surface area contributed by atoms with Crippen LogP contribution in [0.5, 0.6) is 5.75 Å². The van der Waals surface area contributed by atoms with Gasteiger partial charge in [0, 0.05) is 5.57 Å². The Labute approximate surface area is 138 Å². The summed E-state index contributed by atoms with van der Waals surface area (Å²) in [4.78, 5) is 22.1. The molecule has 1 heterocycles. The second-order valence-corrected chi connectivity index (χ2v) is 4.94. The molecule has 2 rings (SSSR count). The summed E-state index contributed by atoms with van der Waals surface area (Å²) in [5, 5.41) is 14.3.